The van der Waals surface area contributed by atoms with Crippen LogP contribution in [0.1, 0.15) is 16.7 Å². The van der Waals surface area contributed by atoms with E-state index in [1.165, 1.54) is 24.3 Å². The van der Waals surface area contributed by atoms with Gasteiger partial charge >= 0.3 is 23.3 Å². The highest BCUT2D eigenvalue weighted by Gasteiger charge is 2.57. The minimum absolute atomic E-state index is 0.178. The third kappa shape index (κ3) is 6.52. The Morgan fingerprint density at radius 3 is 1.42 bits per heavy atom. The van der Waals surface area contributed by atoms with Crippen LogP contribution < -0.4 is 0 Å². The molecular weight excluding hydrogens is 478 g/mol. The van der Waals surface area contributed by atoms with E-state index in [9.17, 15) is 26.2 Å². The molecule has 0 fully saturated rings. The summed E-state index contributed by atoms with van der Waals surface area (Å²) in [6.45, 7) is -1.71. The predicted molar refractivity (Wildman–Crippen MR) is 117 cm³/mol. The molecule has 6 nitrogen and oxygen atoms in total. The number of sulfonamides is 1. The highest BCUT2D eigenvalue weighted by molar-refractivity contribution is 7.94. The van der Waals surface area contributed by atoms with Crippen molar-refractivity contribution in [3.05, 3.63) is 108 Å². The monoisotopic (exact) mass is 499 g/mol. The summed E-state index contributed by atoms with van der Waals surface area (Å²) in [5.41, 5.74) is -4.59. The normalized spacial score (nSPS) is 12.7. The number of rotatable bonds is 10. The first-order chi connectivity index (χ1) is 15.6. The second-order valence-electron chi connectivity index (χ2n) is 6.90. The van der Waals surface area contributed by atoms with Crippen molar-refractivity contribution in [2.45, 2.75) is 25.3 Å². The van der Waals surface area contributed by atoms with Gasteiger partial charge in [0.2, 0.25) is 0 Å². The van der Waals surface area contributed by atoms with Crippen molar-refractivity contribution in [2.24, 2.45) is 0 Å². The zero-order valence-corrected chi connectivity index (χ0v) is 19.0. The summed E-state index contributed by atoms with van der Waals surface area (Å²) >= 11 is 0. The number of halogens is 3. The molecule has 0 atom stereocenters. The molecule has 0 aliphatic rings. The fraction of sp³-hybridized carbons (Fsp3) is 0.182. The van der Waals surface area contributed by atoms with Gasteiger partial charge in [-0.05, 0) is 16.7 Å². The summed E-state index contributed by atoms with van der Waals surface area (Å²) < 4.78 is 89.9. The molecule has 0 amide bonds. The van der Waals surface area contributed by atoms with E-state index in [1.807, 2.05) is 0 Å². The molecule has 33 heavy (non-hydrogen) atoms. The Bertz CT molecular complexity index is 1130. The van der Waals surface area contributed by atoms with Crippen LogP contribution in [0.5, 0.6) is 0 Å². The lowest BCUT2D eigenvalue weighted by atomic mass is 10.2. The zero-order chi connectivity index (χ0) is 24.0. The van der Waals surface area contributed by atoms with E-state index in [-0.39, 0.29) is 9.64 Å². The van der Waals surface area contributed by atoms with Crippen molar-refractivity contribution in [2.75, 3.05) is 0 Å². The van der Waals surface area contributed by atoms with Gasteiger partial charge in [0.15, 0.2) is 0 Å². The average molecular weight is 499 g/mol. The molecule has 3 aromatic rings. The highest BCUT2D eigenvalue weighted by atomic mass is 32.2. The molecule has 0 aliphatic carbocycles. The van der Waals surface area contributed by atoms with Crippen LogP contribution >= 0.6 is 7.75 Å². The summed E-state index contributed by atoms with van der Waals surface area (Å²) in [4.78, 5) is 0. The van der Waals surface area contributed by atoms with Crippen LogP contribution in [0.3, 0.4) is 0 Å². The van der Waals surface area contributed by atoms with Gasteiger partial charge in [0.25, 0.3) is 0 Å². The summed E-state index contributed by atoms with van der Waals surface area (Å²) in [5.74, 6) is 0. The SMILES string of the molecule is O=P(OCc1ccccc1)(OCc1ccccc1)N(Cc1ccccc1)S(=O)(=O)C(F)(F)F. The highest BCUT2D eigenvalue weighted by Crippen LogP contribution is 2.57. The molecular formula is C22H21F3NO5PS. The third-order valence-electron chi connectivity index (χ3n) is 4.48. The minimum Gasteiger partial charge on any atom is -0.291 e. The number of benzene rings is 3. The first-order valence-electron chi connectivity index (χ1n) is 9.72. The Labute approximate surface area is 190 Å². The van der Waals surface area contributed by atoms with Gasteiger partial charge in [-0.3, -0.25) is 9.05 Å². The van der Waals surface area contributed by atoms with Crippen LogP contribution in [0.15, 0.2) is 91.0 Å². The molecule has 0 bridgehead atoms. The summed E-state index contributed by atoms with van der Waals surface area (Å²) in [5, 5.41) is 0. The number of hydrogen-bond donors (Lipinski definition) is 0. The lowest BCUT2D eigenvalue weighted by Gasteiger charge is -2.30. The van der Waals surface area contributed by atoms with Crippen LogP contribution in [0.25, 0.3) is 0 Å². The van der Waals surface area contributed by atoms with E-state index in [2.05, 4.69) is 0 Å². The van der Waals surface area contributed by atoms with E-state index >= 15 is 0 Å². The number of hydrogen-bond acceptors (Lipinski definition) is 5. The van der Waals surface area contributed by atoms with Crippen LogP contribution in [-0.2, 0) is 43.4 Å². The molecule has 176 valence electrons. The molecule has 0 radical (unpaired) electrons. The number of nitrogens with zero attached hydrogens (tertiary/aromatic N) is 1. The first-order valence-corrected chi connectivity index (χ1v) is 12.7. The second-order valence-corrected chi connectivity index (χ2v) is 11.0. The average Bonchev–Trinajstić information content (AvgIpc) is 2.81. The van der Waals surface area contributed by atoms with Gasteiger partial charge in [-0.2, -0.15) is 13.2 Å². The minimum atomic E-state index is -6.08. The molecule has 3 aromatic carbocycles. The zero-order valence-electron chi connectivity index (χ0n) is 17.3. The van der Waals surface area contributed by atoms with Crippen LogP contribution in [0.4, 0.5) is 13.2 Å². The van der Waals surface area contributed by atoms with Gasteiger partial charge in [0.05, 0.1) is 19.8 Å². The second kappa shape index (κ2) is 10.6. The van der Waals surface area contributed by atoms with Crippen LogP contribution in [0.2, 0.25) is 0 Å². The van der Waals surface area contributed by atoms with Gasteiger partial charge < -0.3 is 0 Å². The quantitative estimate of drug-likeness (QED) is 0.326. The molecule has 0 aromatic heterocycles. The summed E-state index contributed by atoms with van der Waals surface area (Å²) in [7, 11) is -11.1. The van der Waals surface area contributed by atoms with Crippen LogP contribution in [-0.4, -0.2) is 18.0 Å². The van der Waals surface area contributed by atoms with Crippen molar-refractivity contribution in [3.63, 3.8) is 0 Å². The maximum Gasteiger partial charge on any atom is 0.512 e. The first kappa shape index (κ1) is 25.1. The lowest BCUT2D eigenvalue weighted by molar-refractivity contribution is -0.0480. The Kier molecular flexibility index (Phi) is 8.10. The molecule has 0 aliphatic heterocycles. The Hall–Kier alpha value is -2.49. The molecule has 0 saturated heterocycles. The van der Waals surface area contributed by atoms with E-state index < -0.39 is 43.0 Å². The fourth-order valence-corrected chi connectivity index (χ4v) is 6.25. The largest absolute Gasteiger partial charge is 0.512 e. The van der Waals surface area contributed by atoms with E-state index in [0.29, 0.717) is 11.1 Å². The summed E-state index contributed by atoms with van der Waals surface area (Å²) in [6, 6.07) is 23.9. The Morgan fingerprint density at radius 1 is 0.697 bits per heavy atom. The third-order valence-corrected chi connectivity index (χ3v) is 8.59. The number of alkyl halides is 3. The van der Waals surface area contributed by atoms with Crippen LogP contribution in [0, 0.1) is 0 Å². The molecule has 0 heterocycles. The molecule has 3 rings (SSSR count). The van der Waals surface area contributed by atoms with Crippen molar-refractivity contribution in [3.8, 4) is 0 Å². The molecule has 0 N–H and O–H groups in total. The van der Waals surface area contributed by atoms with Crippen molar-refractivity contribution in [1.82, 2.24) is 4.08 Å². The van der Waals surface area contributed by atoms with Crippen molar-refractivity contribution in [1.29, 1.82) is 0 Å². The molecule has 11 heteroatoms. The van der Waals surface area contributed by atoms with Gasteiger partial charge in [0, 0.05) is 0 Å². The van der Waals surface area contributed by atoms with Gasteiger partial charge in [0.1, 0.15) is 0 Å². The molecule has 0 unspecified atom stereocenters. The molecule has 0 spiro atoms. The van der Waals surface area contributed by atoms with Gasteiger partial charge in [-0.1, -0.05) is 95.1 Å². The topological polar surface area (TPSA) is 72.9 Å². The smallest absolute Gasteiger partial charge is 0.291 e. The van der Waals surface area contributed by atoms with E-state index in [0.717, 1.165) is 0 Å². The maximum atomic E-state index is 13.8. The Balaban J connectivity index is 2.01. The standard InChI is InChI=1S/C22H21F3NO5PS/c23-22(24,25)33(28,29)26(16-19-10-4-1-5-11-19)32(27,30-17-20-12-6-2-7-13-20)31-18-21-14-8-3-9-15-21/h1-15H,16-18H2. The Morgan fingerprint density at radius 2 is 1.06 bits per heavy atom. The predicted octanol–water partition coefficient (Wildman–Crippen LogP) is 5.88. The van der Waals surface area contributed by atoms with E-state index in [4.69, 9.17) is 9.05 Å². The molecule has 0 saturated carbocycles. The lowest BCUT2D eigenvalue weighted by Crippen LogP contribution is -2.39. The fourth-order valence-electron chi connectivity index (χ4n) is 2.79. The van der Waals surface area contributed by atoms with Gasteiger partial charge in [-0.25, -0.2) is 13.0 Å². The van der Waals surface area contributed by atoms with Crippen molar-refractivity contribution >= 4 is 17.8 Å². The van der Waals surface area contributed by atoms with E-state index in [1.54, 1.807) is 66.7 Å². The van der Waals surface area contributed by atoms with Gasteiger partial charge in [-0.15, -0.1) is 0 Å². The maximum absolute atomic E-state index is 13.8. The van der Waals surface area contributed by atoms with Crippen molar-refractivity contribution < 1.29 is 35.2 Å². The summed E-state index contributed by atoms with van der Waals surface area (Å²) in [6.07, 6.45) is 0.